The Balaban J connectivity index is 1.69. The maximum atomic E-state index is 10.1. The van der Waals surface area contributed by atoms with Crippen molar-refractivity contribution < 1.29 is 10.2 Å². The molecule has 1 fully saturated rings. The normalized spacial score (nSPS) is 25.7. The van der Waals surface area contributed by atoms with Crippen molar-refractivity contribution in [1.29, 1.82) is 0 Å². The van der Waals surface area contributed by atoms with Crippen LogP contribution in [0.2, 0.25) is 0 Å². The number of aryl methyl sites for hydroxylation is 1. The van der Waals surface area contributed by atoms with E-state index in [1.165, 1.54) is 0 Å². The van der Waals surface area contributed by atoms with E-state index in [1.807, 2.05) is 42.2 Å². The summed E-state index contributed by atoms with van der Waals surface area (Å²) >= 11 is 0. The van der Waals surface area contributed by atoms with Gasteiger partial charge in [-0.1, -0.05) is 24.3 Å². The second-order valence-corrected chi connectivity index (χ2v) is 6.19. The van der Waals surface area contributed by atoms with Crippen molar-refractivity contribution in [2.45, 2.75) is 51.1 Å². The standard InChI is InChI=1S/C17H23N3O2/c1-11-8-18-20(9-11)17-15(7-16(17)22)19-12(2)14-5-3-4-13(6-14)10-21/h3-6,8-9,12,15-17,19,21-22H,7,10H2,1-2H3/t12?,15-,16+,17+/m0/s1. The zero-order valence-electron chi connectivity index (χ0n) is 13.0. The van der Waals surface area contributed by atoms with E-state index in [4.69, 9.17) is 0 Å². The minimum Gasteiger partial charge on any atom is -0.392 e. The fourth-order valence-electron chi connectivity index (χ4n) is 3.11. The highest BCUT2D eigenvalue weighted by atomic mass is 16.3. The van der Waals surface area contributed by atoms with E-state index in [9.17, 15) is 10.2 Å². The van der Waals surface area contributed by atoms with Crippen molar-refractivity contribution in [3.05, 3.63) is 53.3 Å². The van der Waals surface area contributed by atoms with Crippen LogP contribution in [0, 0.1) is 6.92 Å². The van der Waals surface area contributed by atoms with Crippen molar-refractivity contribution in [3.63, 3.8) is 0 Å². The van der Waals surface area contributed by atoms with Crippen molar-refractivity contribution >= 4 is 0 Å². The molecule has 2 aromatic rings. The summed E-state index contributed by atoms with van der Waals surface area (Å²) in [6, 6.07) is 8.28. The molecular weight excluding hydrogens is 278 g/mol. The molecule has 1 aliphatic rings. The minimum absolute atomic E-state index is 0.0165. The number of hydrogen-bond acceptors (Lipinski definition) is 4. The number of aliphatic hydroxyl groups excluding tert-OH is 2. The van der Waals surface area contributed by atoms with Gasteiger partial charge in [0.25, 0.3) is 0 Å². The van der Waals surface area contributed by atoms with Gasteiger partial charge in [0.2, 0.25) is 0 Å². The SMILES string of the molecule is Cc1cnn([C@H]2[C@H](O)C[C@@H]2NC(C)c2cccc(CO)c2)c1. The molecule has 1 heterocycles. The second-order valence-electron chi connectivity index (χ2n) is 6.19. The number of aliphatic hydroxyl groups is 2. The van der Waals surface area contributed by atoms with Crippen LogP contribution in [-0.2, 0) is 6.61 Å². The lowest BCUT2D eigenvalue weighted by atomic mass is 9.82. The molecule has 0 radical (unpaired) electrons. The van der Waals surface area contributed by atoms with Crippen LogP contribution in [0.1, 0.15) is 42.1 Å². The third-order valence-corrected chi connectivity index (χ3v) is 4.44. The Kier molecular flexibility index (Phi) is 4.29. The molecule has 3 N–H and O–H groups in total. The lowest BCUT2D eigenvalue weighted by Gasteiger charge is -2.43. The molecule has 0 saturated heterocycles. The zero-order valence-corrected chi connectivity index (χ0v) is 13.0. The largest absolute Gasteiger partial charge is 0.392 e. The number of nitrogens with zero attached hydrogens (tertiary/aromatic N) is 2. The first kappa shape index (κ1) is 15.2. The maximum absolute atomic E-state index is 10.1. The summed E-state index contributed by atoms with van der Waals surface area (Å²) in [5, 5.41) is 27.2. The van der Waals surface area contributed by atoms with Crippen molar-refractivity contribution in [1.82, 2.24) is 15.1 Å². The summed E-state index contributed by atoms with van der Waals surface area (Å²) in [6.45, 7) is 4.16. The van der Waals surface area contributed by atoms with Crippen LogP contribution < -0.4 is 5.32 Å². The highest BCUT2D eigenvalue weighted by Gasteiger charge is 2.42. The highest BCUT2D eigenvalue weighted by molar-refractivity contribution is 5.25. The topological polar surface area (TPSA) is 70.3 Å². The maximum Gasteiger partial charge on any atom is 0.0932 e. The molecule has 1 aromatic carbocycles. The summed E-state index contributed by atoms with van der Waals surface area (Å²) in [5.41, 5.74) is 3.16. The van der Waals surface area contributed by atoms with Gasteiger partial charge < -0.3 is 15.5 Å². The van der Waals surface area contributed by atoms with E-state index in [0.29, 0.717) is 0 Å². The molecule has 0 spiro atoms. The molecule has 0 bridgehead atoms. The summed E-state index contributed by atoms with van der Waals surface area (Å²) in [5.74, 6) is 0. The molecule has 1 aliphatic carbocycles. The first-order chi connectivity index (χ1) is 10.6. The molecular formula is C17H23N3O2. The van der Waals surface area contributed by atoms with Gasteiger partial charge in [-0.2, -0.15) is 5.10 Å². The average molecular weight is 301 g/mol. The number of nitrogens with one attached hydrogen (secondary N) is 1. The van der Waals surface area contributed by atoms with E-state index >= 15 is 0 Å². The molecule has 118 valence electrons. The van der Waals surface area contributed by atoms with Gasteiger partial charge in [0, 0.05) is 18.3 Å². The van der Waals surface area contributed by atoms with Gasteiger partial charge in [0.05, 0.1) is 24.9 Å². The number of benzene rings is 1. The summed E-state index contributed by atoms with van der Waals surface area (Å²) < 4.78 is 1.86. The van der Waals surface area contributed by atoms with Gasteiger partial charge in [0.15, 0.2) is 0 Å². The monoisotopic (exact) mass is 301 g/mol. The van der Waals surface area contributed by atoms with Gasteiger partial charge in [-0.25, -0.2) is 0 Å². The van der Waals surface area contributed by atoms with Gasteiger partial charge in [-0.05, 0) is 37.0 Å². The molecule has 5 heteroatoms. The molecule has 0 amide bonds. The van der Waals surface area contributed by atoms with Gasteiger partial charge in [-0.15, -0.1) is 0 Å². The van der Waals surface area contributed by atoms with Crippen molar-refractivity contribution in [2.24, 2.45) is 0 Å². The first-order valence-corrected chi connectivity index (χ1v) is 7.73. The molecule has 4 atom stereocenters. The van der Waals surface area contributed by atoms with E-state index in [0.717, 1.165) is 23.1 Å². The van der Waals surface area contributed by atoms with Crippen molar-refractivity contribution in [3.8, 4) is 0 Å². The Bertz CT molecular complexity index is 640. The minimum atomic E-state index is -0.354. The Hall–Kier alpha value is -1.69. The van der Waals surface area contributed by atoms with Crippen LogP contribution in [0.25, 0.3) is 0 Å². The van der Waals surface area contributed by atoms with Crippen molar-refractivity contribution in [2.75, 3.05) is 0 Å². The Morgan fingerprint density at radius 2 is 2.27 bits per heavy atom. The van der Waals surface area contributed by atoms with E-state index < -0.39 is 0 Å². The summed E-state index contributed by atoms with van der Waals surface area (Å²) in [4.78, 5) is 0. The van der Waals surface area contributed by atoms with E-state index in [1.54, 1.807) is 0 Å². The van der Waals surface area contributed by atoms with Gasteiger partial charge in [0.1, 0.15) is 0 Å². The van der Waals surface area contributed by atoms with Gasteiger partial charge >= 0.3 is 0 Å². The zero-order chi connectivity index (χ0) is 15.7. The Morgan fingerprint density at radius 1 is 1.45 bits per heavy atom. The lowest BCUT2D eigenvalue weighted by molar-refractivity contribution is -0.0111. The smallest absolute Gasteiger partial charge is 0.0932 e. The van der Waals surface area contributed by atoms with E-state index in [-0.39, 0.29) is 30.8 Å². The molecule has 3 rings (SSSR count). The van der Waals surface area contributed by atoms with Gasteiger partial charge in [-0.3, -0.25) is 4.68 Å². The van der Waals surface area contributed by atoms with Crippen LogP contribution in [0.5, 0.6) is 0 Å². The van der Waals surface area contributed by atoms with E-state index in [2.05, 4.69) is 23.4 Å². The van der Waals surface area contributed by atoms with Crippen LogP contribution in [0.4, 0.5) is 0 Å². The number of hydrogen-bond donors (Lipinski definition) is 3. The third-order valence-electron chi connectivity index (χ3n) is 4.44. The van der Waals surface area contributed by atoms with Crippen LogP contribution in [0.15, 0.2) is 36.7 Å². The molecule has 5 nitrogen and oxygen atoms in total. The number of rotatable bonds is 5. The fourth-order valence-corrected chi connectivity index (χ4v) is 3.11. The summed E-state index contributed by atoms with van der Waals surface area (Å²) in [7, 11) is 0. The Morgan fingerprint density at radius 3 is 2.91 bits per heavy atom. The number of aromatic nitrogens is 2. The average Bonchev–Trinajstić information content (AvgIpc) is 2.92. The predicted molar refractivity (Wildman–Crippen MR) is 84.3 cm³/mol. The molecule has 22 heavy (non-hydrogen) atoms. The third kappa shape index (κ3) is 2.92. The summed E-state index contributed by atoms with van der Waals surface area (Å²) in [6.07, 6.45) is 4.16. The quantitative estimate of drug-likeness (QED) is 0.786. The second kappa shape index (κ2) is 6.20. The molecule has 1 unspecified atom stereocenters. The predicted octanol–water partition coefficient (Wildman–Crippen LogP) is 1.71. The molecule has 1 saturated carbocycles. The van der Waals surface area contributed by atoms with Crippen LogP contribution in [-0.4, -0.2) is 32.1 Å². The lowest BCUT2D eigenvalue weighted by Crippen LogP contribution is -2.55. The first-order valence-electron chi connectivity index (χ1n) is 7.73. The van der Waals surface area contributed by atoms with Crippen LogP contribution in [0.3, 0.4) is 0 Å². The highest BCUT2D eigenvalue weighted by Crippen LogP contribution is 2.34. The molecule has 1 aromatic heterocycles. The Labute approximate surface area is 130 Å². The van der Waals surface area contributed by atoms with Crippen LogP contribution >= 0.6 is 0 Å². The molecule has 0 aliphatic heterocycles. The fraction of sp³-hybridized carbons (Fsp3) is 0.471.